The van der Waals surface area contributed by atoms with Crippen molar-refractivity contribution in [3.63, 3.8) is 0 Å². The molecule has 0 spiro atoms. The number of hydrogen-bond donors (Lipinski definition) is 7. The number of hydrogen-bond acceptors (Lipinski definition) is 7. The summed E-state index contributed by atoms with van der Waals surface area (Å²) < 4.78 is 0. The second-order valence-corrected chi connectivity index (χ2v) is 7.94. The largest absolute Gasteiger partial charge is 0.481 e. The molecule has 192 valence electrons. The summed E-state index contributed by atoms with van der Waals surface area (Å²) in [6.07, 6.45) is -1.37. The highest BCUT2D eigenvalue weighted by atomic mass is 16.4. The maximum Gasteiger partial charge on any atom is 0.326 e. The minimum absolute atomic E-state index is 0.0484. The molecule has 0 heterocycles. The summed E-state index contributed by atoms with van der Waals surface area (Å²) in [6.45, 7) is 1.38. The molecule has 0 radical (unpaired) electrons. The number of aliphatic carboxylic acids is 2. The van der Waals surface area contributed by atoms with Gasteiger partial charge in [0.15, 0.2) is 0 Å². The Morgan fingerprint density at radius 1 is 0.800 bits per heavy atom. The third kappa shape index (κ3) is 11.1. The molecule has 4 unspecified atom stereocenters. The molecule has 35 heavy (non-hydrogen) atoms. The van der Waals surface area contributed by atoms with Crippen LogP contribution in [0.1, 0.15) is 38.2 Å². The van der Waals surface area contributed by atoms with E-state index < -0.39 is 66.2 Å². The number of carboxylic acids is 2. The van der Waals surface area contributed by atoms with E-state index in [1.165, 1.54) is 6.92 Å². The molecular formula is C22H31N5O8. The number of benzene rings is 1. The first-order chi connectivity index (χ1) is 16.4. The molecule has 0 aromatic heterocycles. The minimum atomic E-state index is -1.43. The van der Waals surface area contributed by atoms with Gasteiger partial charge in [-0.25, -0.2) is 4.79 Å². The van der Waals surface area contributed by atoms with Gasteiger partial charge in [0.2, 0.25) is 23.6 Å². The Bertz CT molecular complexity index is 922. The van der Waals surface area contributed by atoms with Gasteiger partial charge in [0, 0.05) is 19.3 Å². The topological polar surface area (TPSA) is 231 Å². The standard InChI is InChI=1S/C22H31N5O8/c1-12(23)19(31)25-14(7-9-17(24)28)20(32)26-15(8-10-18(29)30)21(33)27-16(22(34)35)11-13-5-3-2-4-6-13/h2-6,12,14-16H,7-11,23H2,1H3,(H2,24,28)(H,25,31)(H,26,32)(H,27,33)(H,29,30)(H,34,35). The average molecular weight is 494 g/mol. The average Bonchev–Trinajstić information content (AvgIpc) is 2.78. The molecule has 4 amide bonds. The van der Waals surface area contributed by atoms with Crippen molar-refractivity contribution in [2.24, 2.45) is 11.5 Å². The lowest BCUT2D eigenvalue weighted by molar-refractivity contribution is -0.143. The molecule has 0 bridgehead atoms. The lowest BCUT2D eigenvalue weighted by Crippen LogP contribution is -2.57. The molecule has 13 heteroatoms. The summed E-state index contributed by atoms with van der Waals surface area (Å²) in [5.74, 6) is -5.81. The van der Waals surface area contributed by atoms with E-state index in [4.69, 9.17) is 16.6 Å². The molecule has 0 saturated carbocycles. The second-order valence-electron chi connectivity index (χ2n) is 7.94. The van der Waals surface area contributed by atoms with Crippen molar-refractivity contribution < 1.29 is 39.0 Å². The predicted octanol–water partition coefficient (Wildman–Crippen LogP) is -1.75. The molecule has 13 nitrogen and oxygen atoms in total. The number of nitrogens with two attached hydrogens (primary N) is 2. The van der Waals surface area contributed by atoms with Crippen molar-refractivity contribution in [2.45, 2.75) is 63.2 Å². The van der Waals surface area contributed by atoms with Crippen molar-refractivity contribution in [1.82, 2.24) is 16.0 Å². The van der Waals surface area contributed by atoms with Gasteiger partial charge in [-0.3, -0.25) is 24.0 Å². The number of carbonyl (C=O) groups excluding carboxylic acids is 4. The monoisotopic (exact) mass is 493 g/mol. The van der Waals surface area contributed by atoms with Crippen LogP contribution in [0.4, 0.5) is 0 Å². The van der Waals surface area contributed by atoms with Gasteiger partial charge in [-0.05, 0) is 25.3 Å². The van der Waals surface area contributed by atoms with Gasteiger partial charge in [0.25, 0.3) is 0 Å². The smallest absolute Gasteiger partial charge is 0.326 e. The quantitative estimate of drug-likeness (QED) is 0.146. The van der Waals surface area contributed by atoms with Crippen molar-refractivity contribution in [1.29, 1.82) is 0 Å². The van der Waals surface area contributed by atoms with Crippen LogP contribution in [0.2, 0.25) is 0 Å². The Labute approximate surface area is 201 Å². The van der Waals surface area contributed by atoms with Crippen molar-refractivity contribution >= 4 is 35.6 Å². The summed E-state index contributed by atoms with van der Waals surface area (Å²) >= 11 is 0. The van der Waals surface area contributed by atoms with Crippen LogP contribution in [0, 0.1) is 0 Å². The molecule has 1 aromatic rings. The number of carboxylic acid groups (broad SMARTS) is 2. The van der Waals surface area contributed by atoms with E-state index in [2.05, 4.69) is 16.0 Å². The first-order valence-corrected chi connectivity index (χ1v) is 10.8. The van der Waals surface area contributed by atoms with Gasteiger partial charge in [-0.2, -0.15) is 0 Å². The molecule has 0 aliphatic rings. The van der Waals surface area contributed by atoms with Crippen LogP contribution >= 0.6 is 0 Å². The Balaban J connectivity index is 3.03. The van der Waals surface area contributed by atoms with Crippen molar-refractivity contribution in [3.8, 4) is 0 Å². The van der Waals surface area contributed by atoms with E-state index in [1.807, 2.05) is 0 Å². The number of amides is 4. The summed E-state index contributed by atoms with van der Waals surface area (Å²) in [5.41, 5.74) is 11.2. The number of primary amides is 1. The zero-order valence-electron chi connectivity index (χ0n) is 19.2. The maximum absolute atomic E-state index is 12.9. The molecule has 0 fully saturated rings. The Hall–Kier alpha value is -4.00. The molecule has 1 aromatic carbocycles. The maximum atomic E-state index is 12.9. The summed E-state index contributed by atoms with van der Waals surface area (Å²) in [4.78, 5) is 71.6. The second kappa shape index (κ2) is 14.3. The van der Waals surface area contributed by atoms with E-state index in [0.717, 1.165) is 0 Å². The fourth-order valence-electron chi connectivity index (χ4n) is 2.99. The highest BCUT2D eigenvalue weighted by Gasteiger charge is 2.30. The summed E-state index contributed by atoms with van der Waals surface area (Å²) in [7, 11) is 0. The van der Waals surface area contributed by atoms with Crippen molar-refractivity contribution in [2.75, 3.05) is 0 Å². The van der Waals surface area contributed by atoms with E-state index in [-0.39, 0.29) is 25.7 Å². The van der Waals surface area contributed by atoms with Gasteiger partial charge in [0.05, 0.1) is 6.04 Å². The van der Waals surface area contributed by atoms with Gasteiger partial charge in [-0.1, -0.05) is 30.3 Å². The fraction of sp³-hybridized carbons (Fsp3) is 0.455. The third-order valence-electron chi connectivity index (χ3n) is 4.90. The third-order valence-corrected chi connectivity index (χ3v) is 4.90. The molecule has 4 atom stereocenters. The minimum Gasteiger partial charge on any atom is -0.481 e. The zero-order chi connectivity index (χ0) is 26.5. The van der Waals surface area contributed by atoms with Crippen LogP contribution in [-0.2, 0) is 35.2 Å². The lowest BCUT2D eigenvalue weighted by atomic mass is 10.0. The summed E-state index contributed by atoms with van der Waals surface area (Å²) in [6, 6.07) is 3.46. The van der Waals surface area contributed by atoms with E-state index in [1.54, 1.807) is 30.3 Å². The van der Waals surface area contributed by atoms with Gasteiger partial charge in [0.1, 0.15) is 18.1 Å². The van der Waals surface area contributed by atoms with Crippen LogP contribution in [0.5, 0.6) is 0 Å². The normalized spacial score (nSPS) is 14.0. The highest BCUT2D eigenvalue weighted by molar-refractivity contribution is 5.94. The number of nitrogens with one attached hydrogen (secondary N) is 3. The lowest BCUT2D eigenvalue weighted by Gasteiger charge is -2.24. The Morgan fingerprint density at radius 2 is 1.29 bits per heavy atom. The van der Waals surface area contributed by atoms with Crippen LogP contribution < -0.4 is 27.4 Å². The predicted molar refractivity (Wildman–Crippen MR) is 123 cm³/mol. The molecule has 0 aliphatic heterocycles. The number of rotatable bonds is 15. The van der Waals surface area contributed by atoms with Gasteiger partial charge >= 0.3 is 11.9 Å². The zero-order valence-corrected chi connectivity index (χ0v) is 19.2. The number of carbonyl (C=O) groups is 6. The molecule has 1 rings (SSSR count). The Morgan fingerprint density at radius 3 is 1.74 bits per heavy atom. The first kappa shape index (κ1) is 29.0. The molecule has 0 aliphatic carbocycles. The SMILES string of the molecule is CC(N)C(=O)NC(CCC(N)=O)C(=O)NC(CCC(=O)O)C(=O)NC(Cc1ccccc1)C(=O)O. The summed E-state index contributed by atoms with van der Waals surface area (Å²) in [5, 5.41) is 25.5. The van der Waals surface area contributed by atoms with Gasteiger partial charge in [-0.15, -0.1) is 0 Å². The van der Waals surface area contributed by atoms with E-state index >= 15 is 0 Å². The van der Waals surface area contributed by atoms with Crippen LogP contribution in [-0.4, -0.2) is 69.9 Å². The molecular weight excluding hydrogens is 462 g/mol. The highest BCUT2D eigenvalue weighted by Crippen LogP contribution is 2.07. The first-order valence-electron chi connectivity index (χ1n) is 10.8. The van der Waals surface area contributed by atoms with Gasteiger partial charge < -0.3 is 37.6 Å². The Kier molecular flexibility index (Phi) is 11.9. The molecule has 9 N–H and O–H groups in total. The fourth-order valence-corrected chi connectivity index (χ4v) is 2.99. The van der Waals surface area contributed by atoms with Crippen LogP contribution in [0.3, 0.4) is 0 Å². The van der Waals surface area contributed by atoms with Crippen molar-refractivity contribution in [3.05, 3.63) is 35.9 Å². The van der Waals surface area contributed by atoms with Crippen LogP contribution in [0.15, 0.2) is 30.3 Å². The molecule has 0 saturated heterocycles. The van der Waals surface area contributed by atoms with E-state index in [9.17, 15) is 33.9 Å². The van der Waals surface area contributed by atoms with Crippen LogP contribution in [0.25, 0.3) is 0 Å². The van der Waals surface area contributed by atoms with E-state index in [0.29, 0.717) is 5.56 Å².